The Balaban J connectivity index is 1.55. The molecule has 0 N–H and O–H groups in total. The van der Waals surface area contributed by atoms with Crippen molar-refractivity contribution in [1.29, 1.82) is 0 Å². The van der Waals surface area contributed by atoms with Gasteiger partial charge in [0.1, 0.15) is 5.82 Å². The van der Waals surface area contributed by atoms with Gasteiger partial charge in [-0.1, -0.05) is 115 Å². The highest BCUT2D eigenvalue weighted by Crippen LogP contribution is 2.44. The molecule has 0 atom stereocenters. The Hall–Kier alpha value is -6.33. The molecule has 0 amide bonds. The van der Waals surface area contributed by atoms with Crippen LogP contribution < -0.4 is 26.2 Å². The molecule has 0 unspecified atom stereocenters. The van der Waals surface area contributed by atoms with E-state index in [1.807, 2.05) is 0 Å². The van der Waals surface area contributed by atoms with Crippen molar-refractivity contribution in [3.63, 3.8) is 0 Å². The molecule has 0 aliphatic carbocycles. The predicted octanol–water partition coefficient (Wildman–Crippen LogP) is 8.78. The third-order valence-corrected chi connectivity index (χ3v) is 8.01. The number of imidazole rings is 1. The molecule has 0 radical (unpaired) electrons. The Bertz CT molecular complexity index is 3840. The largest absolute Gasteiger partial charge is 0.311 e. The van der Waals surface area contributed by atoms with Gasteiger partial charge in [-0.05, 0) is 76.9 Å². The van der Waals surface area contributed by atoms with Crippen LogP contribution in [0.1, 0.15) is 37.0 Å². The van der Waals surface area contributed by atoms with Crippen molar-refractivity contribution in [1.82, 2.24) is 9.55 Å². The summed E-state index contributed by atoms with van der Waals surface area (Å²) in [6.45, 7) is -1.71. The molecule has 2 aliphatic rings. The first-order chi connectivity index (χ1) is 35.0. The standard InChI is InChI=1S/C43H29BN4/c1-5-16-30(17-6-1)43-45-37-26-15-25-36-42(37)48(43)40-29-34(46(31-18-7-2-8-19-31)32-20-9-3-10-21-32)28-39-41(40)44(36)35-24-13-14-27-38(35)47(39)33-22-11-4-12-23-33/h1-29H/i1D,2D,3D,4D,5D,6D,7D,8D,9D,10D,11D,12D,13D,14D,15D,16D,17D,18D,19D,20D,21D,22D,23D,24D,25D,26D,27D. The molecule has 2 aliphatic heterocycles. The van der Waals surface area contributed by atoms with E-state index in [1.165, 1.54) is 0 Å². The zero-order valence-electron chi connectivity index (χ0n) is 51.0. The molecule has 0 bridgehead atoms. The SMILES string of the molecule is [2H]c1c([2H])c([2H])c(-c2nc3c([2H])c([2H])c([2H])c4c3n2-c2cc(N(c3c([2H])c([2H])c([2H])c([2H])c3[2H])c3c([2H])c([2H])c([2H])c([2H])c3[2H])cc3c2B4c2c([2H])c([2H])c([2H])c([2H])c2N3c2c([2H])c([2H])c([2H])c([2H])c2[2H])c([2H])c1[2H]. The highest BCUT2D eigenvalue weighted by molar-refractivity contribution is 7.00. The second-order valence-electron chi connectivity index (χ2n) is 10.4. The summed E-state index contributed by atoms with van der Waals surface area (Å²) in [6, 6.07) is -22.3. The molecule has 0 saturated heterocycles. The zero-order valence-corrected chi connectivity index (χ0v) is 24.0. The van der Waals surface area contributed by atoms with Crippen LogP contribution in [0.15, 0.2) is 175 Å². The van der Waals surface area contributed by atoms with E-state index in [9.17, 15) is 12.3 Å². The van der Waals surface area contributed by atoms with E-state index in [0.29, 0.717) is 4.90 Å². The van der Waals surface area contributed by atoms with Gasteiger partial charge in [0.15, 0.2) is 0 Å². The van der Waals surface area contributed by atoms with E-state index in [2.05, 4.69) is 4.98 Å². The molecular formula is C43H29BN4. The van der Waals surface area contributed by atoms with Crippen LogP contribution in [0.25, 0.3) is 28.1 Å². The summed E-state index contributed by atoms with van der Waals surface area (Å²) in [5.41, 5.74) is -6.82. The summed E-state index contributed by atoms with van der Waals surface area (Å²) >= 11 is 0. The zero-order chi connectivity index (χ0) is 55.1. The van der Waals surface area contributed by atoms with Gasteiger partial charge in [-0.2, -0.15) is 0 Å². The first kappa shape index (κ1) is 11.4. The fraction of sp³-hybridized carbons (Fsp3) is 0. The van der Waals surface area contributed by atoms with Crippen molar-refractivity contribution in [3.8, 4) is 17.1 Å². The van der Waals surface area contributed by atoms with Crippen LogP contribution in [0.4, 0.5) is 34.1 Å². The first-order valence-electron chi connectivity index (χ1n) is 27.7. The van der Waals surface area contributed by atoms with Crippen molar-refractivity contribution < 1.29 is 37.0 Å². The number of aromatic nitrogens is 2. The lowest BCUT2D eigenvalue weighted by molar-refractivity contribution is 1.10. The van der Waals surface area contributed by atoms with Gasteiger partial charge >= 0.3 is 0 Å². The van der Waals surface area contributed by atoms with E-state index in [1.54, 1.807) is 0 Å². The highest BCUT2D eigenvalue weighted by atomic mass is 15.2. The van der Waals surface area contributed by atoms with Gasteiger partial charge in [0, 0.05) is 39.7 Å². The number of anilines is 6. The van der Waals surface area contributed by atoms with E-state index in [-0.39, 0.29) is 22.1 Å². The number of hydrogen-bond acceptors (Lipinski definition) is 3. The predicted molar refractivity (Wildman–Crippen MR) is 201 cm³/mol. The normalized spacial score (nSPS) is 20.4. The van der Waals surface area contributed by atoms with Crippen LogP contribution in [0.2, 0.25) is 0 Å². The Morgan fingerprint density at radius 2 is 1.10 bits per heavy atom. The van der Waals surface area contributed by atoms with Crippen LogP contribution in [0.3, 0.4) is 0 Å². The van der Waals surface area contributed by atoms with Gasteiger partial charge in [0.05, 0.1) is 53.7 Å². The molecule has 4 nitrogen and oxygen atoms in total. The molecule has 5 heteroatoms. The number of nitrogens with zero attached hydrogens (tertiary/aromatic N) is 4. The Kier molecular flexibility index (Phi) is 2.53. The van der Waals surface area contributed by atoms with Crippen molar-refractivity contribution in [3.05, 3.63) is 175 Å². The third-order valence-electron chi connectivity index (χ3n) is 8.01. The van der Waals surface area contributed by atoms with Crippen molar-refractivity contribution in [2.75, 3.05) is 9.80 Å². The van der Waals surface area contributed by atoms with Crippen molar-refractivity contribution in [2.24, 2.45) is 0 Å². The number of benzene rings is 7. The molecule has 7 aromatic carbocycles. The average molecular weight is 640 g/mol. The van der Waals surface area contributed by atoms with Crippen LogP contribution in [-0.2, 0) is 0 Å². The Morgan fingerprint density at radius 3 is 1.81 bits per heavy atom. The molecule has 3 heterocycles. The van der Waals surface area contributed by atoms with Gasteiger partial charge in [-0.3, -0.25) is 4.57 Å². The third kappa shape index (κ3) is 3.94. The van der Waals surface area contributed by atoms with Gasteiger partial charge in [0.2, 0.25) is 0 Å². The summed E-state index contributed by atoms with van der Waals surface area (Å²) in [7, 11) is 0. The summed E-state index contributed by atoms with van der Waals surface area (Å²) in [5.74, 6) is -0.577. The van der Waals surface area contributed by atoms with E-state index < -0.39 is 226 Å². The Labute approximate surface area is 317 Å². The molecule has 0 spiro atoms. The fourth-order valence-electron chi connectivity index (χ4n) is 6.27. The lowest BCUT2D eigenvalue weighted by Gasteiger charge is -2.41. The summed E-state index contributed by atoms with van der Waals surface area (Å²) < 4.78 is 243. The molecular weight excluding hydrogens is 583 g/mol. The maximum Gasteiger partial charge on any atom is 0.252 e. The number of fused-ring (bicyclic) bond motifs is 4. The summed E-state index contributed by atoms with van der Waals surface area (Å²) in [5, 5.41) is 0. The second kappa shape index (κ2) is 10.6. The molecule has 1 aromatic heterocycles. The molecule has 0 fully saturated rings. The second-order valence-corrected chi connectivity index (χ2v) is 10.4. The van der Waals surface area contributed by atoms with Gasteiger partial charge < -0.3 is 9.80 Å². The summed E-state index contributed by atoms with van der Waals surface area (Å²) in [6.07, 6.45) is 0. The fourth-order valence-corrected chi connectivity index (χ4v) is 6.27. The Morgan fingerprint density at radius 1 is 0.521 bits per heavy atom. The number of hydrogen-bond donors (Lipinski definition) is 0. The minimum absolute atomic E-state index is 0.240. The average Bonchev–Trinajstić information content (AvgIpc) is 3.79. The minimum Gasteiger partial charge on any atom is -0.311 e. The van der Waals surface area contributed by atoms with Crippen molar-refractivity contribution >= 4 is 68.3 Å². The van der Waals surface area contributed by atoms with Gasteiger partial charge in [-0.15, -0.1) is 0 Å². The number of para-hydroxylation sites is 5. The molecule has 48 heavy (non-hydrogen) atoms. The van der Waals surface area contributed by atoms with E-state index in [4.69, 9.17) is 24.7 Å². The topological polar surface area (TPSA) is 24.3 Å². The number of rotatable bonds is 5. The van der Waals surface area contributed by atoms with E-state index in [0.717, 1.165) is 21.6 Å². The monoisotopic (exact) mass is 639 g/mol. The van der Waals surface area contributed by atoms with Gasteiger partial charge in [-0.25, -0.2) is 4.98 Å². The summed E-state index contributed by atoms with van der Waals surface area (Å²) in [4.78, 5) is 6.19. The van der Waals surface area contributed by atoms with Crippen LogP contribution in [0.5, 0.6) is 0 Å². The van der Waals surface area contributed by atoms with Crippen molar-refractivity contribution in [2.45, 2.75) is 0 Å². The molecule has 10 rings (SSSR count). The van der Waals surface area contributed by atoms with Gasteiger partial charge in [0.25, 0.3) is 6.71 Å². The molecule has 0 saturated carbocycles. The quantitative estimate of drug-likeness (QED) is 0.176. The lowest BCUT2D eigenvalue weighted by atomic mass is 9.34. The lowest BCUT2D eigenvalue weighted by Crippen LogP contribution is -2.60. The smallest absolute Gasteiger partial charge is 0.252 e. The van der Waals surface area contributed by atoms with Crippen LogP contribution in [-0.4, -0.2) is 16.3 Å². The molecule has 8 aromatic rings. The van der Waals surface area contributed by atoms with Crippen LogP contribution in [0, 0.1) is 0 Å². The maximum atomic E-state index is 9.54. The minimum atomic E-state index is -1.71. The van der Waals surface area contributed by atoms with E-state index >= 15 is 0 Å². The first-order valence-corrected chi connectivity index (χ1v) is 14.2. The molecule has 224 valence electrons. The maximum absolute atomic E-state index is 9.54. The highest BCUT2D eigenvalue weighted by Gasteiger charge is 2.42. The van der Waals surface area contributed by atoms with Crippen LogP contribution >= 0.6 is 0 Å².